The van der Waals surface area contributed by atoms with Gasteiger partial charge in [-0.2, -0.15) is 0 Å². The van der Waals surface area contributed by atoms with Crippen molar-refractivity contribution in [2.45, 2.75) is 31.3 Å². The zero-order chi connectivity index (χ0) is 14.0. The fourth-order valence-electron chi connectivity index (χ4n) is 2.89. The van der Waals surface area contributed by atoms with Crippen LogP contribution in [0.1, 0.15) is 24.8 Å². The Balaban J connectivity index is 1.99. The van der Waals surface area contributed by atoms with Gasteiger partial charge in [-0.1, -0.05) is 22.0 Å². The van der Waals surface area contributed by atoms with Crippen molar-refractivity contribution in [3.63, 3.8) is 0 Å². The molecule has 1 saturated carbocycles. The summed E-state index contributed by atoms with van der Waals surface area (Å²) in [5, 5.41) is 0. The SMILES string of the molecule is CN(Cc1ccc(Br)cc1N)CC1(N(C)C)CCC1. The zero-order valence-electron chi connectivity index (χ0n) is 12.1. The Hall–Kier alpha value is -0.580. The third-order valence-electron chi connectivity index (χ3n) is 4.35. The van der Waals surface area contributed by atoms with E-state index in [2.05, 4.69) is 59.0 Å². The van der Waals surface area contributed by atoms with Crippen LogP contribution in [0, 0.1) is 0 Å². The second-order valence-corrected chi connectivity index (χ2v) is 6.90. The van der Waals surface area contributed by atoms with Crippen molar-refractivity contribution in [2.75, 3.05) is 33.4 Å². The number of anilines is 1. The molecule has 0 bridgehead atoms. The van der Waals surface area contributed by atoms with Gasteiger partial charge in [-0.25, -0.2) is 0 Å². The fourth-order valence-corrected chi connectivity index (χ4v) is 3.27. The van der Waals surface area contributed by atoms with Crippen molar-refractivity contribution < 1.29 is 0 Å². The Morgan fingerprint density at radius 1 is 1.26 bits per heavy atom. The van der Waals surface area contributed by atoms with Gasteiger partial charge in [0, 0.05) is 28.8 Å². The lowest BCUT2D eigenvalue weighted by Crippen LogP contribution is -2.56. The van der Waals surface area contributed by atoms with Crippen LogP contribution in [0.15, 0.2) is 22.7 Å². The van der Waals surface area contributed by atoms with E-state index in [0.29, 0.717) is 5.54 Å². The van der Waals surface area contributed by atoms with Gasteiger partial charge in [0.25, 0.3) is 0 Å². The molecule has 3 nitrogen and oxygen atoms in total. The van der Waals surface area contributed by atoms with Crippen molar-refractivity contribution in [1.82, 2.24) is 9.80 Å². The van der Waals surface area contributed by atoms with E-state index in [1.54, 1.807) is 0 Å². The van der Waals surface area contributed by atoms with Crippen molar-refractivity contribution in [2.24, 2.45) is 0 Å². The average molecular weight is 326 g/mol. The molecule has 0 aliphatic heterocycles. The smallest absolute Gasteiger partial charge is 0.0371 e. The van der Waals surface area contributed by atoms with Crippen molar-refractivity contribution >= 4 is 21.6 Å². The number of likely N-dealkylation sites (N-methyl/N-ethyl adjacent to an activating group) is 2. The summed E-state index contributed by atoms with van der Waals surface area (Å²) in [6.45, 7) is 2.02. The van der Waals surface area contributed by atoms with Crippen LogP contribution in [0.2, 0.25) is 0 Å². The molecule has 0 atom stereocenters. The molecule has 1 fully saturated rings. The summed E-state index contributed by atoms with van der Waals surface area (Å²) < 4.78 is 1.04. The molecule has 1 aliphatic rings. The number of nitrogens with zero attached hydrogens (tertiary/aromatic N) is 2. The van der Waals surface area contributed by atoms with Gasteiger partial charge in [0.1, 0.15) is 0 Å². The number of nitrogens with two attached hydrogens (primary N) is 1. The van der Waals surface area contributed by atoms with Gasteiger partial charge >= 0.3 is 0 Å². The molecule has 106 valence electrons. The predicted molar refractivity (Wildman–Crippen MR) is 85.2 cm³/mol. The molecule has 0 spiro atoms. The second kappa shape index (κ2) is 5.81. The normalized spacial score (nSPS) is 17.8. The molecule has 1 aromatic carbocycles. The van der Waals surface area contributed by atoms with Crippen molar-refractivity contribution in [1.29, 1.82) is 0 Å². The van der Waals surface area contributed by atoms with Gasteiger partial charge in [-0.15, -0.1) is 0 Å². The molecular formula is C15H24BrN3. The molecule has 1 aliphatic carbocycles. The summed E-state index contributed by atoms with van der Waals surface area (Å²) in [6, 6.07) is 6.15. The lowest BCUT2D eigenvalue weighted by molar-refractivity contribution is 0.0259. The first kappa shape index (κ1) is 14.8. The van der Waals surface area contributed by atoms with Gasteiger partial charge in [0.2, 0.25) is 0 Å². The van der Waals surface area contributed by atoms with E-state index >= 15 is 0 Å². The number of rotatable bonds is 5. The Labute approximate surface area is 124 Å². The highest BCUT2D eigenvalue weighted by Crippen LogP contribution is 2.37. The van der Waals surface area contributed by atoms with Gasteiger partial charge in [-0.3, -0.25) is 0 Å². The Morgan fingerprint density at radius 2 is 1.95 bits per heavy atom. The molecule has 4 heteroatoms. The lowest BCUT2D eigenvalue weighted by Gasteiger charge is -2.49. The van der Waals surface area contributed by atoms with E-state index in [4.69, 9.17) is 5.73 Å². The molecule has 0 radical (unpaired) electrons. The zero-order valence-corrected chi connectivity index (χ0v) is 13.7. The highest BCUT2D eigenvalue weighted by atomic mass is 79.9. The highest BCUT2D eigenvalue weighted by Gasteiger charge is 2.39. The maximum atomic E-state index is 6.07. The van der Waals surface area contributed by atoms with Crippen LogP contribution < -0.4 is 5.73 Å². The first-order chi connectivity index (χ1) is 8.93. The molecule has 2 rings (SSSR count). The van der Waals surface area contributed by atoms with Crippen LogP contribution >= 0.6 is 15.9 Å². The number of hydrogen-bond acceptors (Lipinski definition) is 3. The minimum Gasteiger partial charge on any atom is -0.398 e. The van der Waals surface area contributed by atoms with Gasteiger partial charge < -0.3 is 15.5 Å². The van der Waals surface area contributed by atoms with Crippen molar-refractivity contribution in [3.8, 4) is 0 Å². The minimum absolute atomic E-state index is 0.374. The molecule has 0 unspecified atom stereocenters. The molecular weight excluding hydrogens is 302 g/mol. The standard InChI is InChI=1S/C15H24BrN3/c1-18(2)15(7-4-8-15)11-19(3)10-12-5-6-13(16)9-14(12)17/h5-6,9H,4,7-8,10-11,17H2,1-3H3. The van der Waals surface area contributed by atoms with Crippen LogP contribution in [0.3, 0.4) is 0 Å². The number of halogens is 1. The second-order valence-electron chi connectivity index (χ2n) is 5.99. The van der Waals surface area contributed by atoms with Gasteiger partial charge in [-0.05, 0) is 58.1 Å². The summed E-state index contributed by atoms with van der Waals surface area (Å²) in [7, 11) is 6.58. The molecule has 0 amide bonds. The summed E-state index contributed by atoms with van der Waals surface area (Å²) in [5.41, 5.74) is 8.52. The van der Waals surface area contributed by atoms with E-state index in [1.165, 1.54) is 24.8 Å². The first-order valence-corrected chi connectivity index (χ1v) is 7.62. The third kappa shape index (κ3) is 3.30. The molecule has 0 aromatic heterocycles. The highest BCUT2D eigenvalue weighted by molar-refractivity contribution is 9.10. The minimum atomic E-state index is 0.374. The Morgan fingerprint density at radius 3 is 2.42 bits per heavy atom. The maximum absolute atomic E-state index is 6.07. The quantitative estimate of drug-likeness (QED) is 0.845. The Kier molecular flexibility index (Phi) is 4.54. The summed E-state index contributed by atoms with van der Waals surface area (Å²) in [5.74, 6) is 0. The summed E-state index contributed by atoms with van der Waals surface area (Å²) in [4.78, 5) is 4.77. The van der Waals surface area contributed by atoms with Crippen LogP contribution in [0.25, 0.3) is 0 Å². The van der Waals surface area contributed by atoms with Crippen LogP contribution in [-0.4, -0.2) is 43.0 Å². The molecule has 1 aromatic rings. The van der Waals surface area contributed by atoms with E-state index < -0.39 is 0 Å². The fraction of sp³-hybridized carbons (Fsp3) is 0.600. The molecule has 19 heavy (non-hydrogen) atoms. The number of hydrogen-bond donors (Lipinski definition) is 1. The topological polar surface area (TPSA) is 32.5 Å². The van der Waals surface area contributed by atoms with Gasteiger partial charge in [0.05, 0.1) is 0 Å². The van der Waals surface area contributed by atoms with Gasteiger partial charge in [0.15, 0.2) is 0 Å². The van der Waals surface area contributed by atoms with E-state index in [0.717, 1.165) is 23.2 Å². The summed E-state index contributed by atoms with van der Waals surface area (Å²) >= 11 is 3.45. The van der Waals surface area contributed by atoms with Crippen LogP contribution in [0.5, 0.6) is 0 Å². The number of nitrogen functional groups attached to an aromatic ring is 1. The maximum Gasteiger partial charge on any atom is 0.0371 e. The predicted octanol–water partition coefficient (Wildman–Crippen LogP) is 2.95. The molecule has 0 heterocycles. The monoisotopic (exact) mass is 325 g/mol. The molecule has 0 saturated heterocycles. The Bertz CT molecular complexity index is 441. The summed E-state index contributed by atoms with van der Waals surface area (Å²) in [6.07, 6.45) is 3.97. The van der Waals surface area contributed by atoms with E-state index in [-0.39, 0.29) is 0 Å². The van der Waals surface area contributed by atoms with Crippen LogP contribution in [0.4, 0.5) is 5.69 Å². The largest absolute Gasteiger partial charge is 0.398 e. The third-order valence-corrected chi connectivity index (χ3v) is 4.84. The average Bonchev–Trinajstić information content (AvgIpc) is 2.27. The first-order valence-electron chi connectivity index (χ1n) is 6.83. The van der Waals surface area contributed by atoms with E-state index in [1.807, 2.05) is 6.07 Å². The number of benzene rings is 1. The molecule has 2 N–H and O–H groups in total. The lowest BCUT2D eigenvalue weighted by atomic mass is 9.75. The van der Waals surface area contributed by atoms with Crippen LogP contribution in [-0.2, 0) is 6.54 Å². The van der Waals surface area contributed by atoms with Crippen molar-refractivity contribution in [3.05, 3.63) is 28.2 Å². The van der Waals surface area contributed by atoms with E-state index in [9.17, 15) is 0 Å².